The Morgan fingerprint density at radius 2 is 1.96 bits per heavy atom. The summed E-state index contributed by atoms with van der Waals surface area (Å²) in [6, 6.07) is 10.3. The first-order chi connectivity index (χ1) is 11.0. The van der Waals surface area contributed by atoms with Gasteiger partial charge in [0.15, 0.2) is 0 Å². The Kier molecular flexibility index (Phi) is 5.30. The number of pyridine rings is 1. The molecule has 0 bridgehead atoms. The molecule has 1 aromatic heterocycles. The van der Waals surface area contributed by atoms with E-state index >= 15 is 0 Å². The van der Waals surface area contributed by atoms with Gasteiger partial charge in [-0.15, -0.1) is 0 Å². The molecule has 2 rings (SSSR count). The van der Waals surface area contributed by atoms with Crippen molar-refractivity contribution in [3.8, 4) is 5.75 Å². The number of amides is 1. The fraction of sp³-hybridized carbons (Fsp3) is 0.235. The quantitative estimate of drug-likeness (QED) is 0.679. The molecule has 1 aromatic carbocycles. The van der Waals surface area contributed by atoms with Gasteiger partial charge in [-0.1, -0.05) is 0 Å². The van der Waals surface area contributed by atoms with Crippen LogP contribution in [-0.4, -0.2) is 23.8 Å². The molecule has 0 atom stereocenters. The summed E-state index contributed by atoms with van der Waals surface area (Å²) in [4.78, 5) is 24.3. The molecule has 1 amide bonds. The number of benzene rings is 1. The average molecular weight is 313 g/mol. The van der Waals surface area contributed by atoms with Crippen LogP contribution < -0.4 is 15.7 Å². The van der Waals surface area contributed by atoms with Crippen LogP contribution in [0.3, 0.4) is 0 Å². The van der Waals surface area contributed by atoms with Gasteiger partial charge >= 0.3 is 0 Å². The van der Waals surface area contributed by atoms with Crippen LogP contribution in [0.2, 0.25) is 0 Å². The Labute approximate surface area is 134 Å². The van der Waals surface area contributed by atoms with Crippen LogP contribution in [0.5, 0.6) is 5.75 Å². The van der Waals surface area contributed by atoms with Gasteiger partial charge < -0.3 is 9.30 Å². The van der Waals surface area contributed by atoms with E-state index in [4.69, 9.17) is 4.74 Å². The second kappa shape index (κ2) is 7.40. The van der Waals surface area contributed by atoms with Crippen molar-refractivity contribution in [1.29, 1.82) is 0 Å². The third kappa shape index (κ3) is 4.06. The lowest BCUT2D eigenvalue weighted by molar-refractivity contribution is 0.0953. The highest BCUT2D eigenvalue weighted by atomic mass is 16.5. The number of carbonyl (C=O) groups is 1. The summed E-state index contributed by atoms with van der Waals surface area (Å²) < 4.78 is 6.56. The molecule has 23 heavy (non-hydrogen) atoms. The number of methoxy groups -OCH3 is 1. The highest BCUT2D eigenvalue weighted by Crippen LogP contribution is 2.09. The van der Waals surface area contributed by atoms with Gasteiger partial charge in [0.05, 0.1) is 13.3 Å². The highest BCUT2D eigenvalue weighted by molar-refractivity contribution is 5.94. The van der Waals surface area contributed by atoms with Crippen molar-refractivity contribution < 1.29 is 9.53 Å². The second-order valence-corrected chi connectivity index (χ2v) is 5.20. The molecule has 0 aliphatic carbocycles. The van der Waals surface area contributed by atoms with Crippen molar-refractivity contribution in [2.24, 2.45) is 5.10 Å². The Morgan fingerprint density at radius 3 is 2.57 bits per heavy atom. The van der Waals surface area contributed by atoms with Gasteiger partial charge in [0.2, 0.25) is 0 Å². The minimum atomic E-state index is -0.533. The fourth-order valence-corrected chi connectivity index (χ4v) is 2.01. The molecule has 1 heterocycles. The minimum absolute atomic E-state index is 0.0157. The SMILES string of the molecule is COc1ccc(/C=N\NC(=O)c2cccn(C(C)C)c2=O)cc1. The molecule has 0 spiro atoms. The summed E-state index contributed by atoms with van der Waals surface area (Å²) in [5.74, 6) is 0.208. The zero-order valence-electron chi connectivity index (χ0n) is 13.3. The molecule has 0 saturated carbocycles. The third-order valence-electron chi connectivity index (χ3n) is 3.27. The van der Waals surface area contributed by atoms with Crippen molar-refractivity contribution >= 4 is 12.1 Å². The van der Waals surface area contributed by atoms with E-state index in [1.54, 1.807) is 31.5 Å². The molecule has 0 aliphatic heterocycles. The Morgan fingerprint density at radius 1 is 1.26 bits per heavy atom. The van der Waals surface area contributed by atoms with Gasteiger partial charge in [-0.2, -0.15) is 5.10 Å². The normalized spacial score (nSPS) is 11.0. The van der Waals surface area contributed by atoms with Crippen molar-refractivity contribution in [2.45, 2.75) is 19.9 Å². The third-order valence-corrected chi connectivity index (χ3v) is 3.27. The number of hydrazone groups is 1. The molecular formula is C17H19N3O3. The average Bonchev–Trinajstić information content (AvgIpc) is 2.55. The van der Waals surface area contributed by atoms with Crippen molar-refractivity contribution in [3.63, 3.8) is 0 Å². The van der Waals surface area contributed by atoms with Gasteiger partial charge in [-0.3, -0.25) is 9.59 Å². The number of nitrogens with one attached hydrogen (secondary N) is 1. The maximum atomic E-state index is 12.2. The van der Waals surface area contributed by atoms with E-state index in [0.29, 0.717) is 0 Å². The molecule has 0 fully saturated rings. The van der Waals surface area contributed by atoms with E-state index in [2.05, 4.69) is 10.5 Å². The lowest BCUT2D eigenvalue weighted by atomic mass is 10.2. The molecule has 120 valence electrons. The topological polar surface area (TPSA) is 72.7 Å². The first kappa shape index (κ1) is 16.5. The molecule has 2 aromatic rings. The van der Waals surface area contributed by atoms with Crippen LogP contribution in [0.15, 0.2) is 52.5 Å². The van der Waals surface area contributed by atoms with Gasteiger partial charge in [-0.05, 0) is 55.8 Å². The standard InChI is InChI=1S/C17H19N3O3/c1-12(2)20-10-4-5-15(17(20)22)16(21)19-18-11-13-6-8-14(23-3)9-7-13/h4-12H,1-3H3,(H,19,21)/b18-11-. The Balaban J connectivity index is 2.09. The van der Waals surface area contributed by atoms with Gasteiger partial charge in [-0.25, -0.2) is 5.43 Å². The summed E-state index contributed by atoms with van der Waals surface area (Å²) in [7, 11) is 1.59. The largest absolute Gasteiger partial charge is 0.497 e. The van der Waals surface area contributed by atoms with Crippen LogP contribution in [0, 0.1) is 0 Å². The molecule has 0 aliphatic rings. The first-order valence-corrected chi connectivity index (χ1v) is 7.21. The van der Waals surface area contributed by atoms with Crippen LogP contribution in [0.25, 0.3) is 0 Å². The summed E-state index contributed by atoms with van der Waals surface area (Å²) in [5.41, 5.74) is 2.90. The molecular weight excluding hydrogens is 294 g/mol. The van der Waals surface area contributed by atoms with Crippen LogP contribution in [0.4, 0.5) is 0 Å². The molecule has 0 unspecified atom stereocenters. The zero-order valence-corrected chi connectivity index (χ0v) is 13.3. The number of aromatic nitrogens is 1. The van der Waals surface area contributed by atoms with Gasteiger partial charge in [0.1, 0.15) is 11.3 Å². The molecule has 0 radical (unpaired) electrons. The molecule has 0 saturated heterocycles. The monoisotopic (exact) mass is 313 g/mol. The lowest BCUT2D eigenvalue weighted by Gasteiger charge is -2.10. The maximum absolute atomic E-state index is 12.2. The summed E-state index contributed by atoms with van der Waals surface area (Å²) in [5, 5.41) is 3.88. The predicted octanol–water partition coefficient (Wildman–Crippen LogP) is 2.20. The van der Waals surface area contributed by atoms with Crippen LogP contribution in [0.1, 0.15) is 35.8 Å². The van der Waals surface area contributed by atoms with Gasteiger partial charge in [0.25, 0.3) is 11.5 Å². The van der Waals surface area contributed by atoms with E-state index in [1.807, 2.05) is 26.0 Å². The molecule has 1 N–H and O–H groups in total. The number of ether oxygens (including phenoxy) is 1. The number of rotatable bonds is 5. The fourth-order valence-electron chi connectivity index (χ4n) is 2.01. The van der Waals surface area contributed by atoms with E-state index in [9.17, 15) is 9.59 Å². The molecule has 6 nitrogen and oxygen atoms in total. The number of nitrogens with zero attached hydrogens (tertiary/aromatic N) is 2. The van der Waals surface area contributed by atoms with E-state index in [1.165, 1.54) is 16.8 Å². The van der Waals surface area contributed by atoms with Crippen molar-refractivity contribution in [2.75, 3.05) is 7.11 Å². The maximum Gasteiger partial charge on any atom is 0.276 e. The lowest BCUT2D eigenvalue weighted by Crippen LogP contribution is -2.31. The number of hydrogen-bond donors (Lipinski definition) is 1. The summed E-state index contributed by atoms with van der Waals surface area (Å²) in [6.07, 6.45) is 3.16. The summed E-state index contributed by atoms with van der Waals surface area (Å²) >= 11 is 0. The smallest absolute Gasteiger partial charge is 0.276 e. The first-order valence-electron chi connectivity index (χ1n) is 7.21. The highest BCUT2D eigenvalue weighted by Gasteiger charge is 2.12. The number of carbonyl (C=O) groups excluding carboxylic acids is 1. The zero-order chi connectivity index (χ0) is 16.8. The summed E-state index contributed by atoms with van der Waals surface area (Å²) in [6.45, 7) is 3.76. The number of hydrogen-bond acceptors (Lipinski definition) is 4. The van der Waals surface area contributed by atoms with E-state index in [-0.39, 0.29) is 17.2 Å². The second-order valence-electron chi connectivity index (χ2n) is 5.20. The predicted molar refractivity (Wildman–Crippen MR) is 89.1 cm³/mol. The molecule has 6 heteroatoms. The van der Waals surface area contributed by atoms with Gasteiger partial charge in [0, 0.05) is 12.2 Å². The van der Waals surface area contributed by atoms with Crippen molar-refractivity contribution in [3.05, 3.63) is 64.1 Å². The Bertz CT molecular complexity index is 761. The Hall–Kier alpha value is -2.89. The van der Waals surface area contributed by atoms with Crippen LogP contribution >= 0.6 is 0 Å². The van der Waals surface area contributed by atoms with Crippen molar-refractivity contribution in [1.82, 2.24) is 9.99 Å². The van der Waals surface area contributed by atoms with Crippen LogP contribution in [-0.2, 0) is 0 Å². The van der Waals surface area contributed by atoms with E-state index < -0.39 is 5.91 Å². The van der Waals surface area contributed by atoms with E-state index in [0.717, 1.165) is 11.3 Å². The minimum Gasteiger partial charge on any atom is -0.497 e.